The number of carbonyl (C=O) groups excluding carboxylic acids is 2. The number of anilines is 1. The quantitative estimate of drug-likeness (QED) is 0.756. The normalized spacial score (nSPS) is 14.3. The first-order valence-electron chi connectivity index (χ1n) is 7.95. The summed E-state index contributed by atoms with van der Waals surface area (Å²) in [5.41, 5.74) is 7.73. The number of amides is 2. The highest BCUT2D eigenvalue weighted by atomic mass is 35.5. The third kappa shape index (κ3) is 5.67. The number of aromatic nitrogens is 1. The van der Waals surface area contributed by atoms with Crippen molar-refractivity contribution in [2.75, 3.05) is 18.0 Å². The van der Waals surface area contributed by atoms with Gasteiger partial charge < -0.3 is 11.1 Å². The van der Waals surface area contributed by atoms with E-state index >= 15 is 0 Å². The van der Waals surface area contributed by atoms with Crippen LogP contribution in [-0.4, -0.2) is 29.9 Å². The fourth-order valence-electron chi connectivity index (χ4n) is 2.62. The van der Waals surface area contributed by atoms with Gasteiger partial charge in [0.05, 0.1) is 12.1 Å². The van der Waals surface area contributed by atoms with E-state index in [0.29, 0.717) is 30.3 Å². The lowest BCUT2D eigenvalue weighted by Gasteiger charge is -2.13. The second-order valence-electron chi connectivity index (χ2n) is 5.77. The molecule has 9 heteroatoms. The van der Waals surface area contributed by atoms with E-state index in [1.165, 1.54) is 11.3 Å². The molecule has 2 heterocycles. The molecule has 1 aromatic carbocycles. The summed E-state index contributed by atoms with van der Waals surface area (Å²) in [6.45, 7) is 1.09. The summed E-state index contributed by atoms with van der Waals surface area (Å²) < 4.78 is 0. The Kier molecular flexibility index (Phi) is 9.01. The molecule has 3 rings (SSSR count). The minimum Gasteiger partial charge on any atom is -0.354 e. The third-order valence-electron chi connectivity index (χ3n) is 3.93. The van der Waals surface area contributed by atoms with Crippen LogP contribution in [0, 0.1) is 0 Å². The number of hydrogen-bond acceptors (Lipinski definition) is 5. The second kappa shape index (κ2) is 10.5. The Morgan fingerprint density at radius 3 is 2.69 bits per heavy atom. The van der Waals surface area contributed by atoms with Crippen LogP contribution in [0.4, 0.5) is 5.13 Å². The fourth-order valence-corrected chi connectivity index (χ4v) is 3.49. The van der Waals surface area contributed by atoms with Crippen molar-refractivity contribution in [1.29, 1.82) is 0 Å². The predicted molar refractivity (Wildman–Crippen MR) is 108 cm³/mol. The lowest BCUT2D eigenvalue weighted by Crippen LogP contribution is -2.33. The van der Waals surface area contributed by atoms with E-state index in [2.05, 4.69) is 10.3 Å². The summed E-state index contributed by atoms with van der Waals surface area (Å²) in [6.07, 6.45) is 1.64. The van der Waals surface area contributed by atoms with Gasteiger partial charge in [0.1, 0.15) is 0 Å². The molecule has 1 unspecified atom stereocenters. The van der Waals surface area contributed by atoms with E-state index in [0.717, 1.165) is 12.0 Å². The maximum absolute atomic E-state index is 12.1. The Morgan fingerprint density at radius 2 is 2.04 bits per heavy atom. The molecular weight excluding hydrogens is 395 g/mol. The average molecular weight is 417 g/mol. The Balaban J connectivity index is 0.00000169. The molecule has 0 saturated carbocycles. The topological polar surface area (TPSA) is 88.3 Å². The van der Waals surface area contributed by atoms with Gasteiger partial charge in [-0.25, -0.2) is 4.98 Å². The molecule has 0 bridgehead atoms. The second-order valence-corrected chi connectivity index (χ2v) is 6.60. The highest BCUT2D eigenvalue weighted by Crippen LogP contribution is 2.25. The number of nitrogens with two attached hydrogens (primary N) is 1. The molecule has 3 N–H and O–H groups in total. The van der Waals surface area contributed by atoms with Crippen molar-refractivity contribution in [3.05, 3.63) is 47.0 Å². The lowest BCUT2D eigenvalue weighted by molar-refractivity contribution is -0.120. The van der Waals surface area contributed by atoms with E-state index in [4.69, 9.17) is 5.73 Å². The van der Waals surface area contributed by atoms with E-state index in [1.54, 1.807) is 4.90 Å². The van der Waals surface area contributed by atoms with Gasteiger partial charge in [0.2, 0.25) is 11.8 Å². The largest absolute Gasteiger partial charge is 0.354 e. The average Bonchev–Trinajstić information content (AvgIpc) is 3.22. The van der Waals surface area contributed by atoms with Crippen molar-refractivity contribution < 1.29 is 9.59 Å². The van der Waals surface area contributed by atoms with Gasteiger partial charge in [-0.1, -0.05) is 30.3 Å². The van der Waals surface area contributed by atoms with Crippen LogP contribution >= 0.6 is 36.2 Å². The van der Waals surface area contributed by atoms with Gasteiger partial charge in [0, 0.05) is 30.9 Å². The van der Waals surface area contributed by atoms with Crippen LogP contribution in [-0.2, 0) is 16.0 Å². The number of carbonyl (C=O) groups is 2. The zero-order valence-corrected chi connectivity index (χ0v) is 16.5. The number of benzene rings is 1. The van der Waals surface area contributed by atoms with Crippen molar-refractivity contribution >= 4 is 53.1 Å². The van der Waals surface area contributed by atoms with Crippen LogP contribution in [0.15, 0.2) is 35.7 Å². The molecule has 0 radical (unpaired) electrons. The molecule has 1 atom stereocenters. The van der Waals surface area contributed by atoms with Gasteiger partial charge in [-0.05, 0) is 12.0 Å². The molecular formula is C17H22Cl2N4O2S. The zero-order chi connectivity index (χ0) is 16.9. The van der Waals surface area contributed by atoms with Crippen LogP contribution in [0.2, 0.25) is 0 Å². The molecule has 26 heavy (non-hydrogen) atoms. The van der Waals surface area contributed by atoms with Gasteiger partial charge in [0.15, 0.2) is 5.13 Å². The van der Waals surface area contributed by atoms with Crippen LogP contribution in [0.5, 0.6) is 0 Å². The Morgan fingerprint density at radius 1 is 1.31 bits per heavy atom. The van der Waals surface area contributed by atoms with Crippen molar-refractivity contribution in [2.45, 2.75) is 25.3 Å². The Bertz CT molecular complexity index is 727. The zero-order valence-electron chi connectivity index (χ0n) is 14.1. The van der Waals surface area contributed by atoms with Crippen LogP contribution in [0.1, 0.15) is 30.1 Å². The van der Waals surface area contributed by atoms with Crippen molar-refractivity contribution in [3.63, 3.8) is 0 Å². The SMILES string of the molecule is Cl.Cl.NC(CNC(=O)Cc1csc(N2CCCC2=O)n1)c1ccccc1. The molecule has 6 nitrogen and oxygen atoms in total. The molecule has 1 aromatic heterocycles. The number of hydrogen-bond donors (Lipinski definition) is 2. The highest BCUT2D eigenvalue weighted by Gasteiger charge is 2.24. The van der Waals surface area contributed by atoms with Crippen molar-refractivity contribution in [2.24, 2.45) is 5.73 Å². The third-order valence-corrected chi connectivity index (χ3v) is 4.84. The van der Waals surface area contributed by atoms with Crippen molar-refractivity contribution in [1.82, 2.24) is 10.3 Å². The number of thiazole rings is 1. The number of nitrogens with one attached hydrogen (secondary N) is 1. The van der Waals surface area contributed by atoms with Gasteiger partial charge in [-0.2, -0.15) is 0 Å². The summed E-state index contributed by atoms with van der Waals surface area (Å²) in [5.74, 6) is -0.0137. The summed E-state index contributed by atoms with van der Waals surface area (Å²) in [5, 5.41) is 5.35. The highest BCUT2D eigenvalue weighted by molar-refractivity contribution is 7.14. The van der Waals surface area contributed by atoms with E-state index < -0.39 is 0 Å². The summed E-state index contributed by atoms with van der Waals surface area (Å²) in [4.78, 5) is 29.9. The standard InChI is InChI=1S/C17H20N4O2S.2ClH/c18-14(12-5-2-1-3-6-12)10-19-15(22)9-13-11-24-17(20-13)21-8-4-7-16(21)23;;/h1-3,5-6,11,14H,4,7-10,18H2,(H,19,22);2*1H. The molecule has 1 saturated heterocycles. The Labute approximate surface area is 169 Å². The summed E-state index contributed by atoms with van der Waals surface area (Å²) in [6, 6.07) is 9.43. The maximum Gasteiger partial charge on any atom is 0.228 e. The summed E-state index contributed by atoms with van der Waals surface area (Å²) >= 11 is 1.40. The molecule has 1 fully saturated rings. The Hall–Kier alpha value is -1.67. The minimum atomic E-state index is -0.233. The first-order valence-corrected chi connectivity index (χ1v) is 8.83. The van der Waals surface area contributed by atoms with Gasteiger partial charge in [0.25, 0.3) is 0 Å². The molecule has 142 valence electrons. The predicted octanol–water partition coefficient (Wildman–Crippen LogP) is 2.47. The maximum atomic E-state index is 12.1. The smallest absolute Gasteiger partial charge is 0.228 e. The molecule has 2 aromatic rings. The van der Waals surface area contributed by atoms with Crippen LogP contribution in [0.3, 0.4) is 0 Å². The van der Waals surface area contributed by atoms with E-state index in [9.17, 15) is 9.59 Å². The van der Waals surface area contributed by atoms with Crippen LogP contribution < -0.4 is 16.0 Å². The fraction of sp³-hybridized carbons (Fsp3) is 0.353. The van der Waals surface area contributed by atoms with E-state index in [1.807, 2.05) is 35.7 Å². The monoisotopic (exact) mass is 416 g/mol. The lowest BCUT2D eigenvalue weighted by atomic mass is 10.1. The number of rotatable bonds is 6. The first kappa shape index (κ1) is 22.4. The molecule has 1 aliphatic heterocycles. The van der Waals surface area contributed by atoms with Crippen LogP contribution in [0.25, 0.3) is 0 Å². The molecule has 0 aliphatic carbocycles. The van der Waals surface area contributed by atoms with Gasteiger partial charge >= 0.3 is 0 Å². The van der Waals surface area contributed by atoms with E-state index in [-0.39, 0.29) is 49.1 Å². The molecule has 0 spiro atoms. The molecule has 1 aliphatic rings. The first-order chi connectivity index (χ1) is 11.6. The van der Waals surface area contributed by atoms with Gasteiger partial charge in [-0.15, -0.1) is 36.2 Å². The summed E-state index contributed by atoms with van der Waals surface area (Å²) in [7, 11) is 0. The number of halogens is 2. The number of nitrogens with zero attached hydrogens (tertiary/aromatic N) is 2. The van der Waals surface area contributed by atoms with Gasteiger partial charge in [-0.3, -0.25) is 14.5 Å². The van der Waals surface area contributed by atoms with Crippen molar-refractivity contribution in [3.8, 4) is 0 Å². The minimum absolute atomic E-state index is 0. The molecule has 2 amide bonds.